The number of nitro benzene ring substituents is 1. The number of rotatable bonds is 8. The van der Waals surface area contributed by atoms with E-state index in [-0.39, 0.29) is 10.6 Å². The molecule has 0 unspecified atom stereocenters. The van der Waals surface area contributed by atoms with Gasteiger partial charge in [-0.15, -0.1) is 0 Å². The molecule has 33 heavy (non-hydrogen) atoms. The first-order valence-electron chi connectivity index (χ1n) is 11.4. The van der Waals surface area contributed by atoms with E-state index in [9.17, 15) is 10.1 Å². The Morgan fingerprint density at radius 2 is 1.88 bits per heavy atom. The Morgan fingerprint density at radius 3 is 2.67 bits per heavy atom. The number of hydrogen-bond donors (Lipinski definition) is 2. The molecule has 0 bridgehead atoms. The second-order valence-corrected chi connectivity index (χ2v) is 8.45. The summed E-state index contributed by atoms with van der Waals surface area (Å²) >= 11 is 0. The number of aromatic nitrogens is 2. The summed E-state index contributed by atoms with van der Waals surface area (Å²) in [5.41, 5.74) is 3.63. The molecule has 0 spiro atoms. The molecule has 1 fully saturated rings. The van der Waals surface area contributed by atoms with E-state index in [1.54, 1.807) is 12.1 Å². The van der Waals surface area contributed by atoms with E-state index in [4.69, 9.17) is 0 Å². The number of benzene rings is 2. The summed E-state index contributed by atoms with van der Waals surface area (Å²) in [6.45, 7) is 8.37. The first-order chi connectivity index (χ1) is 16.0. The lowest BCUT2D eigenvalue weighted by Crippen LogP contribution is -2.29. The summed E-state index contributed by atoms with van der Waals surface area (Å²) in [6.07, 6.45) is 2.67. The summed E-state index contributed by atoms with van der Waals surface area (Å²) in [5, 5.41) is 18.7. The van der Waals surface area contributed by atoms with Crippen LogP contribution < -0.4 is 10.6 Å². The second kappa shape index (κ2) is 10.5. The maximum atomic E-state index is 11.6. The van der Waals surface area contributed by atoms with E-state index >= 15 is 0 Å². The van der Waals surface area contributed by atoms with Crippen LogP contribution in [0.25, 0.3) is 10.9 Å². The topological polar surface area (TPSA) is 99.5 Å². The second-order valence-electron chi connectivity index (χ2n) is 8.45. The monoisotopic (exact) mass is 449 g/mol. The average Bonchev–Trinajstić information content (AvgIpc) is 3.02. The summed E-state index contributed by atoms with van der Waals surface area (Å²) in [4.78, 5) is 24.8. The summed E-state index contributed by atoms with van der Waals surface area (Å²) in [7, 11) is 2.18. The first-order valence-corrected chi connectivity index (χ1v) is 11.4. The Hall–Kier alpha value is -3.30. The Morgan fingerprint density at radius 1 is 1.06 bits per heavy atom. The van der Waals surface area contributed by atoms with E-state index < -0.39 is 0 Å². The lowest BCUT2D eigenvalue weighted by molar-refractivity contribution is -0.383. The lowest BCUT2D eigenvalue weighted by Gasteiger charge is -2.22. The molecule has 2 aromatic carbocycles. The van der Waals surface area contributed by atoms with Crippen molar-refractivity contribution in [3.8, 4) is 0 Å². The number of anilines is 2. The molecule has 1 aliphatic heterocycles. The van der Waals surface area contributed by atoms with E-state index in [2.05, 4.69) is 55.6 Å². The predicted molar refractivity (Wildman–Crippen MR) is 132 cm³/mol. The van der Waals surface area contributed by atoms with Gasteiger partial charge in [-0.05, 0) is 50.7 Å². The maximum absolute atomic E-state index is 11.6. The average molecular weight is 450 g/mol. The van der Waals surface area contributed by atoms with E-state index in [0.29, 0.717) is 35.5 Å². The van der Waals surface area contributed by atoms with Crippen molar-refractivity contribution in [2.75, 3.05) is 50.4 Å². The van der Waals surface area contributed by atoms with Crippen LogP contribution in [0, 0.1) is 10.1 Å². The number of fused-ring (bicyclic) bond motifs is 1. The third-order valence-corrected chi connectivity index (χ3v) is 6.09. The van der Waals surface area contributed by atoms with Crippen LogP contribution in [0.4, 0.5) is 17.2 Å². The standard InChI is InChI=1S/C24H31N7O2/c1-3-25-22-14-21-20(13-23(22)31(32)33)24(28-17-27-21)26-15-18-7-4-5-8-19(18)16-30-10-6-9-29(2)11-12-30/h4-5,7-8,13-14,17,25H,3,6,9-12,15-16H2,1-2H3,(H,26,27,28). The number of nitrogens with one attached hydrogen (secondary N) is 2. The smallest absolute Gasteiger partial charge is 0.293 e. The zero-order valence-electron chi connectivity index (χ0n) is 19.3. The molecule has 1 saturated heterocycles. The van der Waals surface area contributed by atoms with Gasteiger partial charge < -0.3 is 15.5 Å². The number of nitrogens with zero attached hydrogens (tertiary/aromatic N) is 5. The minimum Gasteiger partial charge on any atom is -0.380 e. The quantitative estimate of drug-likeness (QED) is 0.397. The Bertz CT molecular complexity index is 1120. The highest BCUT2D eigenvalue weighted by Crippen LogP contribution is 2.32. The molecule has 3 aromatic rings. The van der Waals surface area contributed by atoms with Gasteiger partial charge in [0.1, 0.15) is 17.8 Å². The van der Waals surface area contributed by atoms with Crippen molar-refractivity contribution < 1.29 is 4.92 Å². The number of hydrogen-bond acceptors (Lipinski definition) is 8. The molecule has 1 aromatic heterocycles. The van der Waals surface area contributed by atoms with Crippen LogP contribution in [-0.2, 0) is 13.1 Å². The fourth-order valence-electron chi connectivity index (χ4n) is 4.28. The highest BCUT2D eigenvalue weighted by Gasteiger charge is 2.18. The molecule has 2 heterocycles. The van der Waals surface area contributed by atoms with Crippen molar-refractivity contribution in [1.29, 1.82) is 0 Å². The van der Waals surface area contributed by atoms with Crippen LogP contribution in [0.15, 0.2) is 42.7 Å². The molecule has 0 radical (unpaired) electrons. The van der Waals surface area contributed by atoms with Gasteiger partial charge in [-0.25, -0.2) is 9.97 Å². The molecule has 0 aliphatic carbocycles. The van der Waals surface area contributed by atoms with Crippen LogP contribution in [0.5, 0.6) is 0 Å². The van der Waals surface area contributed by atoms with E-state index in [1.165, 1.54) is 23.9 Å². The van der Waals surface area contributed by atoms with Gasteiger partial charge >= 0.3 is 0 Å². The molecule has 9 heteroatoms. The van der Waals surface area contributed by atoms with Crippen LogP contribution >= 0.6 is 0 Å². The van der Waals surface area contributed by atoms with E-state index in [1.807, 2.05) is 13.0 Å². The zero-order valence-corrected chi connectivity index (χ0v) is 19.3. The van der Waals surface area contributed by atoms with Crippen molar-refractivity contribution in [2.45, 2.75) is 26.4 Å². The molecule has 2 N–H and O–H groups in total. The summed E-state index contributed by atoms with van der Waals surface area (Å²) in [6, 6.07) is 11.7. The van der Waals surface area contributed by atoms with Gasteiger partial charge in [-0.3, -0.25) is 15.0 Å². The Kier molecular flexibility index (Phi) is 7.31. The summed E-state index contributed by atoms with van der Waals surface area (Å²) < 4.78 is 0. The van der Waals surface area contributed by atoms with Crippen LogP contribution in [0.2, 0.25) is 0 Å². The van der Waals surface area contributed by atoms with E-state index in [0.717, 1.165) is 32.7 Å². The van der Waals surface area contributed by atoms with Gasteiger partial charge in [0.2, 0.25) is 0 Å². The zero-order chi connectivity index (χ0) is 23.2. The molecular weight excluding hydrogens is 418 g/mol. The molecule has 4 rings (SSSR count). The minimum absolute atomic E-state index is 0.0220. The maximum Gasteiger partial charge on any atom is 0.293 e. The van der Waals surface area contributed by atoms with Crippen molar-refractivity contribution in [3.63, 3.8) is 0 Å². The molecule has 0 amide bonds. The van der Waals surface area contributed by atoms with Gasteiger partial charge in [0, 0.05) is 44.2 Å². The van der Waals surface area contributed by atoms with Crippen molar-refractivity contribution in [3.05, 3.63) is 64.0 Å². The largest absolute Gasteiger partial charge is 0.380 e. The minimum atomic E-state index is -0.373. The van der Waals surface area contributed by atoms with Crippen molar-refractivity contribution >= 4 is 28.1 Å². The van der Waals surface area contributed by atoms with Gasteiger partial charge in [-0.1, -0.05) is 24.3 Å². The third kappa shape index (κ3) is 5.55. The number of likely N-dealkylation sites (N-methyl/N-ethyl adjacent to an activating group) is 1. The molecule has 0 atom stereocenters. The molecule has 1 aliphatic rings. The molecule has 0 saturated carbocycles. The Labute approximate surface area is 194 Å². The van der Waals surface area contributed by atoms with Crippen molar-refractivity contribution in [2.24, 2.45) is 0 Å². The van der Waals surface area contributed by atoms with Gasteiger partial charge in [0.15, 0.2) is 0 Å². The van der Waals surface area contributed by atoms with Crippen LogP contribution in [0.1, 0.15) is 24.5 Å². The molecular formula is C24H31N7O2. The third-order valence-electron chi connectivity index (χ3n) is 6.09. The van der Waals surface area contributed by atoms with Crippen LogP contribution in [0.3, 0.4) is 0 Å². The van der Waals surface area contributed by atoms with Crippen molar-refractivity contribution in [1.82, 2.24) is 19.8 Å². The first kappa shape index (κ1) is 22.9. The fraction of sp³-hybridized carbons (Fsp3) is 0.417. The highest BCUT2D eigenvalue weighted by molar-refractivity contribution is 5.94. The fourth-order valence-corrected chi connectivity index (χ4v) is 4.28. The number of nitro groups is 1. The normalized spacial score (nSPS) is 15.3. The molecule has 9 nitrogen and oxygen atoms in total. The van der Waals surface area contributed by atoms with Crippen LogP contribution in [-0.4, -0.2) is 64.5 Å². The van der Waals surface area contributed by atoms with Gasteiger partial charge in [-0.2, -0.15) is 0 Å². The van der Waals surface area contributed by atoms with Gasteiger partial charge in [0.25, 0.3) is 5.69 Å². The SMILES string of the molecule is CCNc1cc2ncnc(NCc3ccccc3CN3CCCN(C)CC3)c2cc1[N+](=O)[O-]. The Balaban J connectivity index is 1.55. The lowest BCUT2D eigenvalue weighted by atomic mass is 10.1. The summed E-state index contributed by atoms with van der Waals surface area (Å²) in [5.74, 6) is 0.595. The highest BCUT2D eigenvalue weighted by atomic mass is 16.6. The van der Waals surface area contributed by atoms with Gasteiger partial charge in [0.05, 0.1) is 10.4 Å². The molecule has 174 valence electrons. The predicted octanol–water partition coefficient (Wildman–Crippen LogP) is 3.72.